The van der Waals surface area contributed by atoms with Gasteiger partial charge in [0.15, 0.2) is 0 Å². The van der Waals surface area contributed by atoms with Crippen LogP contribution in [0.1, 0.15) is 23.2 Å². The molecule has 0 atom stereocenters. The molecule has 0 saturated carbocycles. The molecule has 1 aliphatic rings. The van der Waals surface area contributed by atoms with E-state index in [1.165, 1.54) is 0 Å². The van der Waals surface area contributed by atoms with Crippen molar-refractivity contribution in [3.8, 4) is 23.0 Å². The SMILES string of the molecule is COc1cc(OC)nc(N2CCC(NC(=O)c3ccc(-c4nccc5occc45)cc3)CC2)n1. The van der Waals surface area contributed by atoms with Gasteiger partial charge in [-0.25, -0.2) is 0 Å². The van der Waals surface area contributed by atoms with Gasteiger partial charge in [0, 0.05) is 41.8 Å². The largest absolute Gasteiger partial charge is 0.481 e. The van der Waals surface area contributed by atoms with Crippen molar-refractivity contribution in [2.75, 3.05) is 32.2 Å². The number of rotatable bonds is 6. The zero-order valence-corrected chi connectivity index (χ0v) is 19.0. The molecule has 4 heterocycles. The highest BCUT2D eigenvalue weighted by Crippen LogP contribution is 2.27. The molecule has 1 saturated heterocycles. The maximum absolute atomic E-state index is 12.8. The van der Waals surface area contributed by atoms with Crippen LogP contribution in [0.25, 0.3) is 22.2 Å². The van der Waals surface area contributed by atoms with Crippen LogP contribution in [0.3, 0.4) is 0 Å². The van der Waals surface area contributed by atoms with Gasteiger partial charge in [-0.15, -0.1) is 0 Å². The third-order valence-corrected chi connectivity index (χ3v) is 6.00. The molecule has 3 aromatic heterocycles. The Morgan fingerprint density at radius 2 is 1.74 bits per heavy atom. The van der Waals surface area contributed by atoms with E-state index in [-0.39, 0.29) is 11.9 Å². The molecule has 0 aliphatic carbocycles. The van der Waals surface area contributed by atoms with Crippen molar-refractivity contribution in [3.63, 3.8) is 0 Å². The van der Waals surface area contributed by atoms with Crippen LogP contribution in [-0.2, 0) is 0 Å². The van der Waals surface area contributed by atoms with Crippen molar-refractivity contribution in [3.05, 3.63) is 60.5 Å². The summed E-state index contributed by atoms with van der Waals surface area (Å²) in [6.45, 7) is 1.45. The third kappa shape index (κ3) is 4.36. The van der Waals surface area contributed by atoms with E-state index in [9.17, 15) is 4.79 Å². The zero-order chi connectivity index (χ0) is 23.5. The predicted octanol–water partition coefficient (Wildman–Crippen LogP) is 3.70. The van der Waals surface area contributed by atoms with Gasteiger partial charge in [-0.1, -0.05) is 12.1 Å². The molecule has 0 radical (unpaired) electrons. The summed E-state index contributed by atoms with van der Waals surface area (Å²) in [5, 5.41) is 4.10. The molecule has 1 aliphatic heterocycles. The minimum absolute atomic E-state index is 0.0808. The second-order valence-corrected chi connectivity index (χ2v) is 8.06. The van der Waals surface area contributed by atoms with Gasteiger partial charge in [0.05, 0.1) is 32.2 Å². The summed E-state index contributed by atoms with van der Waals surface area (Å²) in [6, 6.07) is 13.0. The first-order chi connectivity index (χ1) is 16.6. The Labute approximate surface area is 196 Å². The molecule has 1 amide bonds. The van der Waals surface area contributed by atoms with E-state index >= 15 is 0 Å². The lowest BCUT2D eigenvalue weighted by atomic mass is 10.0. The number of anilines is 1. The lowest BCUT2D eigenvalue weighted by Gasteiger charge is -2.32. The first kappa shape index (κ1) is 21.7. The van der Waals surface area contributed by atoms with Crippen molar-refractivity contribution < 1.29 is 18.7 Å². The lowest BCUT2D eigenvalue weighted by molar-refractivity contribution is 0.0931. The standard InChI is InChI=1S/C25H25N5O4/c1-32-21-15-22(33-2)29-25(28-21)30-12-8-18(9-13-30)27-24(31)17-5-3-16(4-6-17)23-19-10-14-34-20(19)7-11-26-23/h3-7,10-11,14-15,18H,8-9,12-13H2,1-2H3,(H,27,31). The number of pyridine rings is 1. The normalized spacial score (nSPS) is 14.2. The predicted molar refractivity (Wildman–Crippen MR) is 127 cm³/mol. The molecular formula is C25H25N5O4. The van der Waals surface area contributed by atoms with E-state index in [2.05, 4.69) is 25.2 Å². The van der Waals surface area contributed by atoms with E-state index in [1.54, 1.807) is 32.7 Å². The van der Waals surface area contributed by atoms with Gasteiger partial charge >= 0.3 is 0 Å². The molecule has 1 aromatic carbocycles. The highest BCUT2D eigenvalue weighted by molar-refractivity contribution is 5.96. The average molecular weight is 460 g/mol. The van der Waals surface area contributed by atoms with Crippen LogP contribution >= 0.6 is 0 Å². The van der Waals surface area contributed by atoms with Crippen molar-refractivity contribution in [2.45, 2.75) is 18.9 Å². The Bertz CT molecular complexity index is 1270. The minimum atomic E-state index is -0.0845. The summed E-state index contributed by atoms with van der Waals surface area (Å²) in [5.41, 5.74) is 3.18. The quantitative estimate of drug-likeness (QED) is 0.466. The maximum Gasteiger partial charge on any atom is 0.251 e. The summed E-state index contributed by atoms with van der Waals surface area (Å²) in [7, 11) is 3.13. The Kier molecular flexibility index (Phi) is 5.99. The minimum Gasteiger partial charge on any atom is -0.481 e. The molecule has 0 spiro atoms. The number of benzene rings is 1. The zero-order valence-electron chi connectivity index (χ0n) is 19.0. The Morgan fingerprint density at radius 3 is 2.41 bits per heavy atom. The second kappa shape index (κ2) is 9.38. The summed E-state index contributed by atoms with van der Waals surface area (Å²) < 4.78 is 15.9. The summed E-state index contributed by atoms with van der Waals surface area (Å²) in [4.78, 5) is 28.2. The van der Waals surface area contributed by atoms with Crippen molar-refractivity contribution in [1.29, 1.82) is 0 Å². The number of piperidine rings is 1. The van der Waals surface area contributed by atoms with E-state index in [4.69, 9.17) is 13.9 Å². The van der Waals surface area contributed by atoms with Crippen molar-refractivity contribution >= 4 is 22.8 Å². The number of aromatic nitrogens is 3. The van der Waals surface area contributed by atoms with Gasteiger partial charge in [-0.05, 0) is 37.1 Å². The van der Waals surface area contributed by atoms with Crippen LogP contribution in [0.2, 0.25) is 0 Å². The number of nitrogens with one attached hydrogen (secondary N) is 1. The first-order valence-corrected chi connectivity index (χ1v) is 11.1. The fourth-order valence-electron chi connectivity index (χ4n) is 4.14. The van der Waals surface area contributed by atoms with E-state index in [0.717, 1.165) is 48.2 Å². The molecule has 0 bridgehead atoms. The number of hydrogen-bond acceptors (Lipinski definition) is 8. The van der Waals surface area contributed by atoms with Crippen LogP contribution < -0.4 is 19.7 Å². The number of carbonyl (C=O) groups excluding carboxylic acids is 1. The van der Waals surface area contributed by atoms with Gasteiger partial charge in [0.25, 0.3) is 5.91 Å². The van der Waals surface area contributed by atoms with Crippen LogP contribution in [0.4, 0.5) is 5.95 Å². The molecule has 1 fully saturated rings. The van der Waals surface area contributed by atoms with Gasteiger partial charge in [-0.2, -0.15) is 9.97 Å². The van der Waals surface area contributed by atoms with Crippen LogP contribution in [0.15, 0.2) is 59.3 Å². The smallest absolute Gasteiger partial charge is 0.251 e. The molecule has 34 heavy (non-hydrogen) atoms. The number of fused-ring (bicyclic) bond motifs is 1. The fourth-order valence-corrected chi connectivity index (χ4v) is 4.14. The summed E-state index contributed by atoms with van der Waals surface area (Å²) >= 11 is 0. The molecular weight excluding hydrogens is 434 g/mol. The van der Waals surface area contributed by atoms with Crippen LogP contribution in [-0.4, -0.2) is 54.2 Å². The molecule has 0 unspecified atom stereocenters. The van der Waals surface area contributed by atoms with Crippen molar-refractivity contribution in [1.82, 2.24) is 20.3 Å². The molecule has 174 valence electrons. The van der Waals surface area contributed by atoms with Crippen molar-refractivity contribution in [2.24, 2.45) is 0 Å². The Hall–Kier alpha value is -4.14. The topological polar surface area (TPSA) is 103 Å². The van der Waals surface area contributed by atoms with Crippen LogP contribution in [0, 0.1) is 0 Å². The molecule has 5 rings (SSSR count). The third-order valence-electron chi connectivity index (χ3n) is 6.00. The summed E-state index contributed by atoms with van der Waals surface area (Å²) in [5.74, 6) is 1.40. The Balaban J connectivity index is 1.21. The number of methoxy groups -OCH3 is 2. The molecule has 1 N–H and O–H groups in total. The van der Waals surface area contributed by atoms with E-state index in [1.807, 2.05) is 36.4 Å². The highest BCUT2D eigenvalue weighted by Gasteiger charge is 2.24. The number of hydrogen-bond donors (Lipinski definition) is 1. The number of nitrogens with zero attached hydrogens (tertiary/aromatic N) is 4. The second-order valence-electron chi connectivity index (χ2n) is 8.06. The number of ether oxygens (including phenoxy) is 2. The average Bonchev–Trinajstić information content (AvgIpc) is 3.38. The van der Waals surface area contributed by atoms with Gasteiger partial charge in [-0.3, -0.25) is 9.78 Å². The van der Waals surface area contributed by atoms with E-state index in [0.29, 0.717) is 23.3 Å². The number of furan rings is 1. The number of carbonyl (C=O) groups is 1. The molecule has 4 aromatic rings. The monoisotopic (exact) mass is 459 g/mol. The molecule has 9 heteroatoms. The molecule has 9 nitrogen and oxygen atoms in total. The van der Waals surface area contributed by atoms with Gasteiger partial charge in [0.1, 0.15) is 5.58 Å². The summed E-state index contributed by atoms with van der Waals surface area (Å²) in [6.07, 6.45) is 4.96. The maximum atomic E-state index is 12.8. The van der Waals surface area contributed by atoms with Crippen LogP contribution in [0.5, 0.6) is 11.8 Å². The fraction of sp³-hybridized carbons (Fsp3) is 0.280. The highest BCUT2D eigenvalue weighted by atomic mass is 16.5. The van der Waals surface area contributed by atoms with Gasteiger partial charge < -0.3 is 24.1 Å². The van der Waals surface area contributed by atoms with E-state index < -0.39 is 0 Å². The lowest BCUT2D eigenvalue weighted by Crippen LogP contribution is -2.45. The van der Waals surface area contributed by atoms with Gasteiger partial charge in [0.2, 0.25) is 17.7 Å². The number of amides is 1. The Morgan fingerprint density at radius 1 is 1.03 bits per heavy atom. The first-order valence-electron chi connectivity index (χ1n) is 11.1.